The Labute approximate surface area is 170 Å². The first-order valence-corrected chi connectivity index (χ1v) is 9.90. The highest BCUT2D eigenvalue weighted by Crippen LogP contribution is 2.43. The van der Waals surface area contributed by atoms with Gasteiger partial charge in [0.15, 0.2) is 0 Å². The summed E-state index contributed by atoms with van der Waals surface area (Å²) < 4.78 is 6.59. The molecule has 0 aliphatic carbocycles. The van der Waals surface area contributed by atoms with Gasteiger partial charge in [-0.3, -0.25) is 0 Å². The molecule has 5 aromatic rings. The lowest BCUT2D eigenvalue weighted by Crippen LogP contribution is -1.90. The van der Waals surface area contributed by atoms with E-state index in [-0.39, 0.29) is 0 Å². The number of rotatable bonds is 3. The van der Waals surface area contributed by atoms with Gasteiger partial charge in [0.05, 0.1) is 0 Å². The molecule has 0 fully saturated rings. The molecule has 140 valence electrons. The molecule has 0 radical (unpaired) electrons. The molecule has 0 atom stereocenters. The van der Waals surface area contributed by atoms with Crippen molar-refractivity contribution in [2.24, 2.45) is 0 Å². The van der Waals surface area contributed by atoms with Gasteiger partial charge in [-0.25, -0.2) is 0 Å². The Morgan fingerprint density at radius 3 is 2.38 bits per heavy atom. The summed E-state index contributed by atoms with van der Waals surface area (Å²) in [5, 5.41) is 3.41. The van der Waals surface area contributed by atoms with Crippen molar-refractivity contribution in [3.05, 3.63) is 114 Å². The van der Waals surface area contributed by atoms with Gasteiger partial charge in [-0.2, -0.15) is 0 Å². The Kier molecular flexibility index (Phi) is 4.10. The molecule has 1 nitrogen and oxygen atoms in total. The van der Waals surface area contributed by atoms with Crippen LogP contribution in [0.15, 0.2) is 95.9 Å². The maximum absolute atomic E-state index is 6.59. The van der Waals surface area contributed by atoms with Crippen molar-refractivity contribution in [2.45, 2.75) is 13.8 Å². The summed E-state index contributed by atoms with van der Waals surface area (Å²) in [4.78, 5) is 0. The molecule has 0 amide bonds. The Balaban J connectivity index is 1.87. The number of benzene rings is 4. The first-order chi connectivity index (χ1) is 14.1. The van der Waals surface area contributed by atoms with Gasteiger partial charge in [-0.1, -0.05) is 91.0 Å². The summed E-state index contributed by atoms with van der Waals surface area (Å²) in [6.45, 7) is 8.73. The van der Waals surface area contributed by atoms with Gasteiger partial charge < -0.3 is 4.42 Å². The van der Waals surface area contributed by atoms with Crippen molar-refractivity contribution in [1.29, 1.82) is 0 Å². The van der Waals surface area contributed by atoms with Crippen molar-refractivity contribution >= 4 is 27.3 Å². The lowest BCUT2D eigenvalue weighted by molar-refractivity contribution is 0.633. The fourth-order valence-corrected chi connectivity index (χ4v) is 4.12. The van der Waals surface area contributed by atoms with E-state index in [4.69, 9.17) is 4.42 Å². The summed E-state index contributed by atoms with van der Waals surface area (Å²) >= 11 is 0. The van der Waals surface area contributed by atoms with Crippen molar-refractivity contribution in [1.82, 2.24) is 0 Å². The SMILES string of the molecule is C=C(c1cccc(C)c1)c1c(-c2ccccc2C)oc2c1ccc1ccccc12. The van der Waals surface area contributed by atoms with E-state index >= 15 is 0 Å². The average molecular weight is 374 g/mol. The Morgan fingerprint density at radius 1 is 0.759 bits per heavy atom. The van der Waals surface area contributed by atoms with E-state index in [0.29, 0.717) is 0 Å². The molecule has 29 heavy (non-hydrogen) atoms. The zero-order valence-corrected chi connectivity index (χ0v) is 16.7. The number of aryl methyl sites for hydroxylation is 2. The van der Waals surface area contributed by atoms with Crippen LogP contribution < -0.4 is 0 Å². The van der Waals surface area contributed by atoms with Gasteiger partial charge in [-0.05, 0) is 42.0 Å². The van der Waals surface area contributed by atoms with E-state index in [9.17, 15) is 0 Å². The van der Waals surface area contributed by atoms with Crippen molar-refractivity contribution < 1.29 is 4.42 Å². The highest BCUT2D eigenvalue weighted by atomic mass is 16.3. The van der Waals surface area contributed by atoms with E-state index in [0.717, 1.165) is 44.4 Å². The maximum Gasteiger partial charge on any atom is 0.143 e. The highest BCUT2D eigenvalue weighted by molar-refractivity contribution is 6.11. The van der Waals surface area contributed by atoms with Gasteiger partial charge in [-0.15, -0.1) is 0 Å². The van der Waals surface area contributed by atoms with Gasteiger partial charge in [0.1, 0.15) is 11.3 Å². The predicted molar refractivity (Wildman–Crippen MR) is 123 cm³/mol. The molecular weight excluding hydrogens is 352 g/mol. The summed E-state index contributed by atoms with van der Waals surface area (Å²) in [6.07, 6.45) is 0. The van der Waals surface area contributed by atoms with Crippen LogP contribution in [-0.4, -0.2) is 0 Å². The number of fused-ring (bicyclic) bond motifs is 3. The summed E-state index contributed by atoms with van der Waals surface area (Å²) in [7, 11) is 0. The van der Waals surface area contributed by atoms with Crippen LogP contribution in [0.2, 0.25) is 0 Å². The standard InChI is InChI=1S/C28H22O/c1-18-9-8-12-22(17-18)20(3)26-25-16-15-21-11-5-7-14-24(21)27(25)29-28(26)23-13-6-4-10-19(23)2/h4-17H,3H2,1-2H3. The van der Waals surface area contributed by atoms with E-state index in [1.54, 1.807) is 0 Å². The minimum Gasteiger partial charge on any atom is -0.455 e. The second-order valence-corrected chi connectivity index (χ2v) is 7.63. The third-order valence-electron chi connectivity index (χ3n) is 5.64. The summed E-state index contributed by atoms with van der Waals surface area (Å²) in [5.74, 6) is 0.890. The van der Waals surface area contributed by atoms with Crippen molar-refractivity contribution in [3.63, 3.8) is 0 Å². The first kappa shape index (κ1) is 17.5. The Hall–Kier alpha value is -3.58. The van der Waals surface area contributed by atoms with Crippen LogP contribution in [0.1, 0.15) is 22.3 Å². The molecule has 1 heteroatoms. The number of hydrogen-bond acceptors (Lipinski definition) is 1. The molecular formula is C28H22O. The van der Waals surface area contributed by atoms with Crippen LogP contribution in [0, 0.1) is 13.8 Å². The minimum atomic E-state index is 0.890. The third kappa shape index (κ3) is 2.87. The van der Waals surface area contributed by atoms with Crippen LogP contribution in [0.25, 0.3) is 38.6 Å². The molecule has 5 rings (SSSR count). The van der Waals surface area contributed by atoms with Crippen LogP contribution in [-0.2, 0) is 0 Å². The predicted octanol–water partition coefficient (Wildman–Crippen LogP) is 7.93. The second kappa shape index (κ2) is 6.79. The molecule has 0 N–H and O–H groups in total. The lowest BCUT2D eigenvalue weighted by Gasteiger charge is -2.10. The molecule has 0 saturated carbocycles. The number of hydrogen-bond donors (Lipinski definition) is 0. The van der Waals surface area contributed by atoms with Crippen LogP contribution in [0.3, 0.4) is 0 Å². The normalized spacial score (nSPS) is 11.2. The maximum atomic E-state index is 6.59. The molecule has 0 saturated heterocycles. The fraction of sp³-hybridized carbons (Fsp3) is 0.0714. The smallest absolute Gasteiger partial charge is 0.143 e. The summed E-state index contributed by atoms with van der Waals surface area (Å²) in [6, 6.07) is 29.6. The quantitative estimate of drug-likeness (QED) is 0.312. The molecule has 0 unspecified atom stereocenters. The Morgan fingerprint density at radius 2 is 1.55 bits per heavy atom. The average Bonchev–Trinajstić information content (AvgIpc) is 3.13. The van der Waals surface area contributed by atoms with E-state index in [2.05, 4.69) is 105 Å². The Bertz CT molecular complexity index is 1380. The number of furan rings is 1. The third-order valence-corrected chi connectivity index (χ3v) is 5.64. The summed E-state index contributed by atoms with van der Waals surface area (Å²) in [5.41, 5.74) is 7.62. The van der Waals surface area contributed by atoms with Crippen LogP contribution >= 0.6 is 0 Å². The minimum absolute atomic E-state index is 0.890. The van der Waals surface area contributed by atoms with Crippen molar-refractivity contribution in [3.8, 4) is 11.3 Å². The fourth-order valence-electron chi connectivity index (χ4n) is 4.12. The molecule has 1 heterocycles. The van der Waals surface area contributed by atoms with Gasteiger partial charge in [0, 0.05) is 21.9 Å². The molecule has 1 aromatic heterocycles. The largest absolute Gasteiger partial charge is 0.455 e. The van der Waals surface area contributed by atoms with Gasteiger partial charge in [0.25, 0.3) is 0 Å². The van der Waals surface area contributed by atoms with E-state index in [1.807, 2.05) is 0 Å². The monoisotopic (exact) mass is 374 g/mol. The zero-order chi connectivity index (χ0) is 20.0. The van der Waals surface area contributed by atoms with E-state index < -0.39 is 0 Å². The van der Waals surface area contributed by atoms with E-state index in [1.165, 1.54) is 16.5 Å². The zero-order valence-electron chi connectivity index (χ0n) is 16.7. The lowest BCUT2D eigenvalue weighted by atomic mass is 9.92. The molecule has 0 spiro atoms. The van der Waals surface area contributed by atoms with Crippen LogP contribution in [0.5, 0.6) is 0 Å². The molecule has 0 bridgehead atoms. The highest BCUT2D eigenvalue weighted by Gasteiger charge is 2.21. The van der Waals surface area contributed by atoms with Crippen LogP contribution in [0.4, 0.5) is 0 Å². The van der Waals surface area contributed by atoms with Crippen molar-refractivity contribution in [2.75, 3.05) is 0 Å². The first-order valence-electron chi connectivity index (χ1n) is 9.90. The molecule has 0 aliphatic heterocycles. The molecule has 4 aromatic carbocycles. The van der Waals surface area contributed by atoms with Gasteiger partial charge in [0.2, 0.25) is 0 Å². The molecule has 0 aliphatic rings. The second-order valence-electron chi connectivity index (χ2n) is 7.63. The topological polar surface area (TPSA) is 13.1 Å². The van der Waals surface area contributed by atoms with Gasteiger partial charge >= 0.3 is 0 Å².